The first kappa shape index (κ1) is 12.4. The Morgan fingerprint density at radius 1 is 1.41 bits per heavy atom. The van der Waals surface area contributed by atoms with Crippen LogP contribution in [-0.2, 0) is 9.59 Å². The van der Waals surface area contributed by atoms with Gasteiger partial charge < -0.3 is 15.7 Å². The maximum absolute atomic E-state index is 11.6. The predicted octanol–water partition coefficient (Wildman–Crippen LogP) is 0.357. The Morgan fingerprint density at radius 2 is 2.18 bits per heavy atom. The van der Waals surface area contributed by atoms with Gasteiger partial charge in [0.25, 0.3) is 0 Å². The molecule has 1 aliphatic heterocycles. The Bertz CT molecular complexity index is 307. The van der Waals surface area contributed by atoms with Crippen LogP contribution in [0.4, 0.5) is 0 Å². The summed E-state index contributed by atoms with van der Waals surface area (Å²) in [7, 11) is 0. The normalized spacial score (nSPS) is 25.5. The van der Waals surface area contributed by atoms with Gasteiger partial charge in [0, 0.05) is 13.0 Å². The van der Waals surface area contributed by atoms with Gasteiger partial charge >= 0.3 is 5.97 Å². The van der Waals surface area contributed by atoms with E-state index in [9.17, 15) is 9.59 Å². The van der Waals surface area contributed by atoms with Crippen molar-refractivity contribution in [2.24, 2.45) is 11.3 Å². The van der Waals surface area contributed by atoms with Gasteiger partial charge in [0.1, 0.15) is 0 Å². The molecule has 1 heterocycles. The zero-order valence-electron chi connectivity index (χ0n) is 10.00. The molecule has 5 heteroatoms. The van der Waals surface area contributed by atoms with Crippen molar-refractivity contribution >= 4 is 11.9 Å². The summed E-state index contributed by atoms with van der Waals surface area (Å²) in [6, 6.07) is 0. The highest BCUT2D eigenvalue weighted by molar-refractivity contribution is 5.80. The summed E-state index contributed by atoms with van der Waals surface area (Å²) < 4.78 is 0. The lowest BCUT2D eigenvalue weighted by atomic mass is 10.0. The smallest absolute Gasteiger partial charge is 0.311 e. The molecule has 0 aromatic heterocycles. The van der Waals surface area contributed by atoms with Crippen LogP contribution >= 0.6 is 0 Å². The molecule has 2 rings (SSSR count). The molecule has 1 unspecified atom stereocenters. The fraction of sp³-hybridized carbons (Fsp3) is 0.833. The molecule has 0 bridgehead atoms. The number of rotatable bonds is 6. The summed E-state index contributed by atoms with van der Waals surface area (Å²) >= 11 is 0. The molecule has 17 heavy (non-hydrogen) atoms. The minimum Gasteiger partial charge on any atom is -0.481 e. The van der Waals surface area contributed by atoms with Gasteiger partial charge in [-0.15, -0.1) is 0 Å². The average Bonchev–Trinajstić information content (AvgIpc) is 2.93. The van der Waals surface area contributed by atoms with Crippen molar-refractivity contribution in [1.82, 2.24) is 10.6 Å². The van der Waals surface area contributed by atoms with E-state index in [1.165, 1.54) is 0 Å². The Balaban J connectivity index is 1.62. The standard InChI is InChI=1S/C12H20N2O3/c15-10(2-1-9-3-6-13-7-9)14-8-12(4-5-12)11(16)17/h9,13H,1-8H2,(H,14,15)(H,16,17). The number of carbonyl (C=O) groups is 2. The van der Waals surface area contributed by atoms with E-state index in [4.69, 9.17) is 5.11 Å². The highest BCUT2D eigenvalue weighted by Crippen LogP contribution is 2.45. The van der Waals surface area contributed by atoms with Crippen LogP contribution in [0.3, 0.4) is 0 Å². The molecule has 1 saturated heterocycles. The first-order chi connectivity index (χ1) is 8.12. The molecule has 3 N–H and O–H groups in total. The third kappa shape index (κ3) is 3.19. The van der Waals surface area contributed by atoms with Gasteiger partial charge in [-0.3, -0.25) is 9.59 Å². The first-order valence-electron chi connectivity index (χ1n) is 6.33. The lowest BCUT2D eigenvalue weighted by Gasteiger charge is -2.12. The minimum atomic E-state index is -0.780. The number of hydrogen-bond acceptors (Lipinski definition) is 3. The third-order valence-corrected chi connectivity index (χ3v) is 3.87. The number of carboxylic acids is 1. The van der Waals surface area contributed by atoms with E-state index in [0.29, 0.717) is 31.7 Å². The highest BCUT2D eigenvalue weighted by Gasteiger charge is 2.50. The molecular formula is C12H20N2O3. The maximum Gasteiger partial charge on any atom is 0.311 e. The highest BCUT2D eigenvalue weighted by atomic mass is 16.4. The molecule has 0 aromatic rings. The fourth-order valence-electron chi connectivity index (χ4n) is 2.27. The third-order valence-electron chi connectivity index (χ3n) is 3.87. The SMILES string of the molecule is O=C(CCC1CCNC1)NCC1(C(=O)O)CC1. The number of nitrogens with one attached hydrogen (secondary N) is 2. The quantitative estimate of drug-likeness (QED) is 0.626. The summed E-state index contributed by atoms with van der Waals surface area (Å²) in [5.74, 6) is -0.183. The summed E-state index contributed by atoms with van der Waals surface area (Å²) in [6.07, 6.45) is 3.94. The van der Waals surface area contributed by atoms with E-state index in [2.05, 4.69) is 10.6 Å². The Morgan fingerprint density at radius 3 is 2.71 bits per heavy atom. The number of amides is 1. The average molecular weight is 240 g/mol. The van der Waals surface area contributed by atoms with Crippen molar-refractivity contribution < 1.29 is 14.7 Å². The van der Waals surface area contributed by atoms with Gasteiger partial charge in [-0.2, -0.15) is 0 Å². The lowest BCUT2D eigenvalue weighted by Crippen LogP contribution is -2.34. The first-order valence-corrected chi connectivity index (χ1v) is 6.33. The largest absolute Gasteiger partial charge is 0.481 e. The molecule has 1 aliphatic carbocycles. The van der Waals surface area contributed by atoms with Gasteiger partial charge in [-0.1, -0.05) is 0 Å². The van der Waals surface area contributed by atoms with E-state index >= 15 is 0 Å². The molecular weight excluding hydrogens is 220 g/mol. The van der Waals surface area contributed by atoms with Gasteiger partial charge in [0.2, 0.25) is 5.91 Å². The van der Waals surface area contributed by atoms with E-state index in [1.54, 1.807) is 0 Å². The molecule has 2 aliphatic rings. The van der Waals surface area contributed by atoms with Crippen molar-refractivity contribution in [3.05, 3.63) is 0 Å². The molecule has 5 nitrogen and oxygen atoms in total. The van der Waals surface area contributed by atoms with Crippen LogP contribution < -0.4 is 10.6 Å². The van der Waals surface area contributed by atoms with E-state index in [0.717, 1.165) is 25.9 Å². The van der Waals surface area contributed by atoms with E-state index in [1.807, 2.05) is 0 Å². The van der Waals surface area contributed by atoms with Gasteiger partial charge in [-0.25, -0.2) is 0 Å². The van der Waals surface area contributed by atoms with Crippen LogP contribution in [0.15, 0.2) is 0 Å². The van der Waals surface area contributed by atoms with Crippen molar-refractivity contribution in [3.63, 3.8) is 0 Å². The predicted molar refractivity (Wildman–Crippen MR) is 62.5 cm³/mol. The summed E-state index contributed by atoms with van der Waals surface area (Å²) in [4.78, 5) is 22.5. The Kier molecular flexibility index (Phi) is 3.66. The minimum absolute atomic E-state index is 0.00979. The molecule has 0 spiro atoms. The molecule has 0 aromatic carbocycles. The summed E-state index contributed by atoms with van der Waals surface area (Å²) in [6.45, 7) is 2.35. The van der Waals surface area contributed by atoms with Crippen LogP contribution in [0.2, 0.25) is 0 Å². The molecule has 2 fully saturated rings. The number of aliphatic carboxylic acids is 1. The Hall–Kier alpha value is -1.10. The maximum atomic E-state index is 11.6. The molecule has 96 valence electrons. The van der Waals surface area contributed by atoms with Crippen LogP contribution in [0.1, 0.15) is 32.1 Å². The number of carbonyl (C=O) groups excluding carboxylic acids is 1. The van der Waals surface area contributed by atoms with Gasteiger partial charge in [0.15, 0.2) is 0 Å². The fourth-order valence-corrected chi connectivity index (χ4v) is 2.27. The molecule has 1 amide bonds. The second kappa shape index (κ2) is 5.04. The Labute approximate surface area is 101 Å². The van der Waals surface area contributed by atoms with Crippen molar-refractivity contribution in [2.75, 3.05) is 19.6 Å². The van der Waals surface area contributed by atoms with Crippen molar-refractivity contribution in [1.29, 1.82) is 0 Å². The monoisotopic (exact) mass is 240 g/mol. The number of hydrogen-bond donors (Lipinski definition) is 3. The van der Waals surface area contributed by atoms with Crippen LogP contribution in [0, 0.1) is 11.3 Å². The van der Waals surface area contributed by atoms with Crippen LogP contribution in [-0.4, -0.2) is 36.6 Å². The van der Waals surface area contributed by atoms with Crippen molar-refractivity contribution in [3.8, 4) is 0 Å². The summed E-state index contributed by atoms with van der Waals surface area (Å²) in [5.41, 5.74) is -0.648. The molecule has 1 saturated carbocycles. The second-order valence-corrected chi connectivity index (χ2v) is 5.26. The lowest BCUT2D eigenvalue weighted by molar-refractivity contribution is -0.143. The van der Waals surface area contributed by atoms with Crippen LogP contribution in [0.25, 0.3) is 0 Å². The topological polar surface area (TPSA) is 78.4 Å². The number of carboxylic acid groups (broad SMARTS) is 1. The molecule has 0 radical (unpaired) electrons. The van der Waals surface area contributed by atoms with Gasteiger partial charge in [-0.05, 0) is 44.7 Å². The summed E-state index contributed by atoms with van der Waals surface area (Å²) in [5, 5.41) is 15.0. The molecule has 1 atom stereocenters. The van der Waals surface area contributed by atoms with E-state index in [-0.39, 0.29) is 5.91 Å². The zero-order valence-corrected chi connectivity index (χ0v) is 10.00. The van der Waals surface area contributed by atoms with Crippen LogP contribution in [0.5, 0.6) is 0 Å². The van der Waals surface area contributed by atoms with Crippen molar-refractivity contribution in [2.45, 2.75) is 32.1 Å². The van der Waals surface area contributed by atoms with E-state index < -0.39 is 11.4 Å². The van der Waals surface area contributed by atoms with Gasteiger partial charge in [0.05, 0.1) is 5.41 Å². The zero-order chi connectivity index (χ0) is 12.3. The second-order valence-electron chi connectivity index (χ2n) is 5.26.